The molecule has 0 unspecified atom stereocenters. The fourth-order valence-corrected chi connectivity index (χ4v) is 0.664. The Morgan fingerprint density at radius 3 is 2.57 bits per heavy atom. The first-order valence-corrected chi connectivity index (χ1v) is 3.24. The highest BCUT2D eigenvalue weighted by molar-refractivity contribution is 8.02. The minimum atomic E-state index is -0.0810. The molecule has 0 N–H and O–H groups in total. The van der Waals surface area contributed by atoms with Gasteiger partial charge in [-0.15, -0.1) is 0 Å². The lowest BCUT2D eigenvalue weighted by Gasteiger charge is -1.86. The molecule has 42 valence electrons. The van der Waals surface area contributed by atoms with Crippen LogP contribution in [0.2, 0.25) is 0 Å². The van der Waals surface area contributed by atoms with E-state index in [2.05, 4.69) is 0 Å². The van der Waals surface area contributed by atoms with Gasteiger partial charge in [0.1, 0.15) is 0 Å². The molecule has 0 fully saturated rings. The Hall–Kier alpha value is 0.0200. The van der Waals surface area contributed by atoms with Crippen molar-refractivity contribution in [1.29, 1.82) is 0 Å². The van der Waals surface area contributed by atoms with Gasteiger partial charge in [0.15, 0.2) is 5.16 Å². The van der Waals surface area contributed by atoms with Crippen molar-refractivity contribution in [2.24, 2.45) is 0 Å². The first-order valence-electron chi connectivity index (χ1n) is 2.25. The van der Waals surface area contributed by atoms with Gasteiger partial charge in [-0.3, -0.25) is 0 Å². The second-order valence-corrected chi connectivity index (χ2v) is 2.28. The fourth-order valence-electron chi connectivity index (χ4n) is 0.221. The van der Waals surface area contributed by atoms with Crippen LogP contribution in [0.4, 0.5) is 4.39 Å². The first kappa shape index (κ1) is 7.02. The summed E-state index contributed by atoms with van der Waals surface area (Å²) in [6.45, 7) is 3.62. The third-order valence-electron chi connectivity index (χ3n) is 0.509. The summed E-state index contributed by atoms with van der Waals surface area (Å²) in [5, 5.41) is -0.0810. The number of hydrogen-bond donors (Lipinski definition) is 0. The zero-order valence-electron chi connectivity index (χ0n) is 4.57. The summed E-state index contributed by atoms with van der Waals surface area (Å²) in [4.78, 5) is 0. The SMILES string of the molecule is C/C=C(/F)SCC. The van der Waals surface area contributed by atoms with Crippen LogP contribution in [0.1, 0.15) is 13.8 Å². The third kappa shape index (κ3) is 3.86. The summed E-state index contributed by atoms with van der Waals surface area (Å²) in [7, 11) is 0. The smallest absolute Gasteiger partial charge is 0.152 e. The summed E-state index contributed by atoms with van der Waals surface area (Å²) >= 11 is 1.23. The molecule has 0 aromatic carbocycles. The lowest BCUT2D eigenvalue weighted by atomic mass is 10.8. The van der Waals surface area contributed by atoms with Crippen LogP contribution >= 0.6 is 11.8 Å². The maximum atomic E-state index is 12.0. The standard InChI is InChI=1S/C5H9FS/c1-3-5(6)7-4-2/h3H,4H2,1-2H3/b5-3-. The number of thioether (sulfide) groups is 1. The van der Waals surface area contributed by atoms with Crippen LogP contribution in [0.15, 0.2) is 11.2 Å². The Labute approximate surface area is 47.8 Å². The van der Waals surface area contributed by atoms with E-state index in [1.807, 2.05) is 6.92 Å². The second-order valence-electron chi connectivity index (χ2n) is 1.03. The Morgan fingerprint density at radius 2 is 2.43 bits per heavy atom. The Bertz CT molecular complexity index is 68.5. The van der Waals surface area contributed by atoms with E-state index in [4.69, 9.17) is 0 Å². The van der Waals surface area contributed by atoms with Gasteiger partial charge in [-0.25, -0.2) is 0 Å². The third-order valence-corrected chi connectivity index (χ3v) is 1.31. The van der Waals surface area contributed by atoms with Gasteiger partial charge in [0.05, 0.1) is 0 Å². The van der Waals surface area contributed by atoms with E-state index in [0.29, 0.717) is 0 Å². The summed E-state index contributed by atoms with van der Waals surface area (Å²) < 4.78 is 12.0. The molecule has 0 aromatic rings. The van der Waals surface area contributed by atoms with Gasteiger partial charge in [-0.2, -0.15) is 4.39 Å². The summed E-state index contributed by atoms with van der Waals surface area (Å²) in [5.74, 6) is 0.816. The molecule has 0 bridgehead atoms. The predicted octanol–water partition coefficient (Wildman–Crippen LogP) is 2.57. The molecule has 0 nitrogen and oxygen atoms in total. The maximum Gasteiger partial charge on any atom is 0.152 e. The average Bonchev–Trinajstić information content (AvgIpc) is 1.68. The molecule has 0 heterocycles. The lowest BCUT2D eigenvalue weighted by Crippen LogP contribution is -1.63. The largest absolute Gasteiger partial charge is 0.200 e. The van der Waals surface area contributed by atoms with Gasteiger partial charge in [-0.1, -0.05) is 18.7 Å². The molecule has 0 rings (SSSR count). The molecule has 0 aliphatic carbocycles. The van der Waals surface area contributed by atoms with Crippen LogP contribution in [-0.2, 0) is 0 Å². The monoisotopic (exact) mass is 120 g/mol. The normalized spacial score (nSPS) is 12.1. The number of hydrogen-bond acceptors (Lipinski definition) is 1. The lowest BCUT2D eigenvalue weighted by molar-refractivity contribution is 0.697. The fraction of sp³-hybridized carbons (Fsp3) is 0.600. The van der Waals surface area contributed by atoms with Crippen LogP contribution in [-0.4, -0.2) is 5.75 Å². The Kier molecular flexibility index (Phi) is 4.20. The van der Waals surface area contributed by atoms with Gasteiger partial charge in [0.25, 0.3) is 0 Å². The molecule has 0 atom stereocenters. The van der Waals surface area contributed by atoms with E-state index in [9.17, 15) is 4.39 Å². The number of halogens is 1. The zero-order chi connectivity index (χ0) is 5.70. The van der Waals surface area contributed by atoms with Crippen molar-refractivity contribution < 1.29 is 4.39 Å². The van der Waals surface area contributed by atoms with E-state index in [1.165, 1.54) is 17.8 Å². The molecule has 2 heteroatoms. The molecule has 0 spiro atoms. The van der Waals surface area contributed by atoms with Crippen LogP contribution in [0.3, 0.4) is 0 Å². The highest BCUT2D eigenvalue weighted by atomic mass is 32.2. The van der Waals surface area contributed by atoms with Crippen molar-refractivity contribution in [2.45, 2.75) is 13.8 Å². The molecule has 0 radical (unpaired) electrons. The topological polar surface area (TPSA) is 0 Å². The molecule has 0 amide bonds. The van der Waals surface area contributed by atoms with Gasteiger partial charge < -0.3 is 0 Å². The number of rotatable bonds is 2. The first-order chi connectivity index (χ1) is 3.31. The molecular formula is C5H9FS. The van der Waals surface area contributed by atoms with Gasteiger partial charge in [0, 0.05) is 0 Å². The number of allylic oxidation sites excluding steroid dienone is 1. The minimum Gasteiger partial charge on any atom is -0.200 e. The molecule has 0 aromatic heterocycles. The van der Waals surface area contributed by atoms with Crippen molar-refractivity contribution in [2.75, 3.05) is 5.75 Å². The van der Waals surface area contributed by atoms with E-state index < -0.39 is 0 Å². The molecular weight excluding hydrogens is 111 g/mol. The second kappa shape index (κ2) is 4.19. The van der Waals surface area contributed by atoms with E-state index in [0.717, 1.165) is 5.75 Å². The maximum absolute atomic E-state index is 12.0. The van der Waals surface area contributed by atoms with E-state index in [1.54, 1.807) is 6.92 Å². The molecule has 0 saturated carbocycles. The van der Waals surface area contributed by atoms with Crippen LogP contribution in [0.25, 0.3) is 0 Å². The molecule has 0 saturated heterocycles. The average molecular weight is 120 g/mol. The zero-order valence-corrected chi connectivity index (χ0v) is 5.39. The van der Waals surface area contributed by atoms with Crippen LogP contribution in [0.5, 0.6) is 0 Å². The van der Waals surface area contributed by atoms with Crippen molar-refractivity contribution >= 4 is 11.8 Å². The van der Waals surface area contributed by atoms with Gasteiger partial charge >= 0.3 is 0 Å². The van der Waals surface area contributed by atoms with Gasteiger partial charge in [-0.05, 0) is 18.8 Å². The van der Waals surface area contributed by atoms with E-state index >= 15 is 0 Å². The van der Waals surface area contributed by atoms with Crippen molar-refractivity contribution in [3.63, 3.8) is 0 Å². The van der Waals surface area contributed by atoms with Crippen LogP contribution in [0, 0.1) is 0 Å². The predicted molar refractivity (Wildman–Crippen MR) is 33.0 cm³/mol. The molecule has 0 aliphatic rings. The van der Waals surface area contributed by atoms with Crippen molar-refractivity contribution in [1.82, 2.24) is 0 Å². The molecule has 0 aliphatic heterocycles. The quantitative estimate of drug-likeness (QED) is 0.539. The Balaban J connectivity index is 3.17. The minimum absolute atomic E-state index is 0.0810. The van der Waals surface area contributed by atoms with Crippen molar-refractivity contribution in [3.05, 3.63) is 11.2 Å². The summed E-state index contributed by atoms with van der Waals surface area (Å²) in [6, 6.07) is 0. The summed E-state index contributed by atoms with van der Waals surface area (Å²) in [5.41, 5.74) is 0. The van der Waals surface area contributed by atoms with Gasteiger partial charge in [0.2, 0.25) is 0 Å². The Morgan fingerprint density at radius 1 is 1.86 bits per heavy atom. The van der Waals surface area contributed by atoms with E-state index in [-0.39, 0.29) is 5.16 Å². The molecule has 7 heavy (non-hydrogen) atoms. The highest BCUT2D eigenvalue weighted by Crippen LogP contribution is 2.14. The summed E-state index contributed by atoms with van der Waals surface area (Å²) in [6.07, 6.45) is 1.47. The van der Waals surface area contributed by atoms with Crippen molar-refractivity contribution in [3.8, 4) is 0 Å². The van der Waals surface area contributed by atoms with Crippen LogP contribution < -0.4 is 0 Å². The highest BCUT2D eigenvalue weighted by Gasteiger charge is 1.85.